The monoisotopic (exact) mass is 1120 g/mol. The maximum absolute atomic E-state index is 11.5. The van der Waals surface area contributed by atoms with Gasteiger partial charge in [0.2, 0.25) is 0 Å². The third kappa shape index (κ3) is 41.2. The van der Waals surface area contributed by atoms with Gasteiger partial charge in [-0.25, -0.2) is 25.3 Å². The van der Waals surface area contributed by atoms with Gasteiger partial charge >= 0.3 is 44.1 Å². The van der Waals surface area contributed by atoms with Crippen molar-refractivity contribution >= 4 is 30.4 Å². The standard InChI is InChI=1S/3C19H32O3S.C3H7O.Ti/c3*1-2-3-4-5-6-7-8-9-10-14-17-19(23(20,21)22)18-15-12-11-13-16-18;1-3(2)4;/h3*11-13,15-16,19H,2-10,14,17H2,1H3,(H,20,21,22);3H,1-2H3;/q;;;-1;+4/p-3. The summed E-state index contributed by atoms with van der Waals surface area (Å²) in [5.74, 6) is 0. The zero-order chi connectivity index (χ0) is 55.2. The summed E-state index contributed by atoms with van der Waals surface area (Å²) in [6, 6.07) is 26.6. The molecular weight excluding hydrogens is 1020 g/mol. The molecule has 0 radical (unpaired) electrons. The van der Waals surface area contributed by atoms with E-state index in [0.717, 1.165) is 57.8 Å². The minimum absolute atomic E-state index is 0.384. The van der Waals surface area contributed by atoms with Crippen molar-refractivity contribution < 1.29 is 63.1 Å². The third-order valence-electron chi connectivity index (χ3n) is 13.3. The zero-order valence-corrected chi connectivity index (χ0v) is 50.6. The van der Waals surface area contributed by atoms with E-state index in [1.807, 2.05) is 32.0 Å². The maximum atomic E-state index is 11.5. The topological polar surface area (TPSA) is 181 Å². The molecule has 0 aromatic heterocycles. The molecule has 0 bridgehead atoms. The van der Waals surface area contributed by atoms with Crippen LogP contribution in [0.3, 0.4) is 0 Å². The van der Waals surface area contributed by atoms with E-state index >= 15 is 0 Å². The van der Waals surface area contributed by atoms with E-state index in [9.17, 15) is 38.9 Å². The van der Waals surface area contributed by atoms with Crippen molar-refractivity contribution in [3.8, 4) is 0 Å². The molecule has 0 spiro atoms. The Morgan fingerprint density at radius 3 is 0.649 bits per heavy atom. The largest absolute Gasteiger partial charge is 0.747 e. The number of hydrogen-bond donors (Lipinski definition) is 0. The van der Waals surface area contributed by atoms with E-state index < -0.39 is 46.1 Å². The zero-order valence-electron chi connectivity index (χ0n) is 46.6. The second-order valence-corrected chi connectivity index (χ2v) is 25.3. The first-order chi connectivity index (χ1) is 35.4. The first-order valence-corrected chi connectivity index (χ1v) is 33.8. The Kier molecular flexibility index (Phi) is 45.9. The molecule has 0 saturated carbocycles. The van der Waals surface area contributed by atoms with Gasteiger partial charge in [0.05, 0.1) is 15.7 Å². The molecule has 0 heterocycles. The summed E-state index contributed by atoms with van der Waals surface area (Å²) in [7, 11) is -12.8. The predicted octanol–water partition coefficient (Wildman–Crippen LogP) is 17.6. The minimum Gasteiger partial charge on any atom is -0.747 e. The molecule has 3 atom stereocenters. The predicted molar refractivity (Wildman–Crippen MR) is 302 cm³/mol. The average molecular weight is 1130 g/mol. The maximum Gasteiger partial charge on any atom is 0.102 e. The Morgan fingerprint density at radius 1 is 0.338 bits per heavy atom. The van der Waals surface area contributed by atoms with Crippen molar-refractivity contribution in [2.75, 3.05) is 0 Å². The molecule has 3 unspecified atom stereocenters. The van der Waals surface area contributed by atoms with Crippen LogP contribution in [0.4, 0.5) is 0 Å². The van der Waals surface area contributed by atoms with Gasteiger partial charge in [-0.3, -0.25) is 0 Å². The third-order valence-corrected chi connectivity index (χ3v) is 17.6. The minimum atomic E-state index is -4.28. The summed E-state index contributed by atoms with van der Waals surface area (Å²) in [5.41, 5.74) is 1.87. The van der Waals surface area contributed by atoms with Gasteiger partial charge in [-0.15, -0.1) is 0 Å². The SMILES string of the molecule is CC(C)[O][Ti+3].CCCCCCCCCCCCC(c1ccccc1)S(=O)(=O)[O-].CCCCCCCCCCCCC(c1ccccc1)S(=O)(=O)[O-].CCCCCCCCCCCCC(c1ccccc1)S(=O)(=O)[O-]. The van der Waals surface area contributed by atoms with Crippen LogP contribution in [0.25, 0.3) is 0 Å². The summed E-state index contributed by atoms with van der Waals surface area (Å²) < 4.78 is 108. The van der Waals surface area contributed by atoms with Crippen molar-refractivity contribution in [2.24, 2.45) is 0 Å². The number of unbranched alkanes of at least 4 members (excludes halogenated alkanes) is 27. The fraction of sp³-hybridized carbons (Fsp3) is 0.700. The van der Waals surface area contributed by atoms with Crippen LogP contribution < -0.4 is 0 Å². The molecule has 3 aromatic rings. The summed E-state index contributed by atoms with van der Waals surface area (Å²) in [6.07, 6.45) is 37.8. The second kappa shape index (κ2) is 47.1. The molecule has 74 heavy (non-hydrogen) atoms. The Labute approximate surface area is 466 Å². The number of rotatable bonds is 40. The molecule has 10 nitrogen and oxygen atoms in total. The van der Waals surface area contributed by atoms with Crippen LogP contribution in [0.5, 0.6) is 0 Å². The van der Waals surface area contributed by atoms with Crippen LogP contribution in [-0.4, -0.2) is 45.0 Å². The van der Waals surface area contributed by atoms with E-state index in [-0.39, 0.29) is 0 Å². The van der Waals surface area contributed by atoms with Crippen molar-refractivity contribution in [3.63, 3.8) is 0 Å². The van der Waals surface area contributed by atoms with E-state index in [2.05, 4.69) is 20.8 Å². The van der Waals surface area contributed by atoms with Gasteiger partial charge in [-0.05, 0) is 36.0 Å². The van der Waals surface area contributed by atoms with Gasteiger partial charge in [0.1, 0.15) is 30.4 Å². The van der Waals surface area contributed by atoms with Crippen molar-refractivity contribution in [1.82, 2.24) is 0 Å². The smallest absolute Gasteiger partial charge is 0.102 e. The van der Waals surface area contributed by atoms with Gasteiger partial charge in [0, 0.05) is 0 Å². The van der Waals surface area contributed by atoms with Crippen LogP contribution in [0.15, 0.2) is 91.0 Å². The van der Waals surface area contributed by atoms with E-state index in [1.165, 1.54) is 135 Å². The molecule has 0 N–H and O–H groups in total. The van der Waals surface area contributed by atoms with Crippen LogP contribution in [0.2, 0.25) is 0 Å². The Balaban J connectivity index is 0.00000103. The van der Waals surface area contributed by atoms with Crippen molar-refractivity contribution in [3.05, 3.63) is 108 Å². The molecule has 3 rings (SSSR count). The molecular formula is C60H100O10S3Ti. The van der Waals surface area contributed by atoms with Crippen molar-refractivity contribution in [1.29, 1.82) is 0 Å². The molecule has 14 heteroatoms. The molecule has 3 aromatic carbocycles. The van der Waals surface area contributed by atoms with E-state index in [0.29, 0.717) is 42.1 Å². The summed E-state index contributed by atoms with van der Waals surface area (Å²) in [5, 5.41) is -2.67. The van der Waals surface area contributed by atoms with Crippen LogP contribution in [-0.2, 0) is 54.5 Å². The second-order valence-electron chi connectivity index (χ2n) is 20.3. The van der Waals surface area contributed by atoms with E-state index in [1.54, 1.807) is 93.6 Å². The van der Waals surface area contributed by atoms with Crippen LogP contribution in [0.1, 0.15) is 279 Å². The van der Waals surface area contributed by atoms with E-state index in [4.69, 9.17) is 3.32 Å². The summed E-state index contributed by atoms with van der Waals surface area (Å²) in [6.45, 7) is 10.7. The molecule has 0 aliphatic heterocycles. The average Bonchev–Trinajstić information content (AvgIpc) is 3.37. The molecule has 0 aliphatic carbocycles. The van der Waals surface area contributed by atoms with Crippen molar-refractivity contribution in [2.45, 2.75) is 268 Å². The fourth-order valence-electron chi connectivity index (χ4n) is 8.89. The van der Waals surface area contributed by atoms with Gasteiger partial charge in [-0.1, -0.05) is 304 Å². The van der Waals surface area contributed by atoms with Crippen LogP contribution in [0, 0.1) is 0 Å². The summed E-state index contributed by atoms with van der Waals surface area (Å²) >= 11 is 1.70. The van der Waals surface area contributed by atoms with Gasteiger partial charge in [0.25, 0.3) is 0 Å². The normalized spacial score (nSPS) is 12.9. The molecule has 422 valence electrons. The van der Waals surface area contributed by atoms with Gasteiger partial charge in [0.15, 0.2) is 0 Å². The van der Waals surface area contributed by atoms with Crippen LogP contribution >= 0.6 is 0 Å². The fourth-order valence-corrected chi connectivity index (χ4v) is 11.7. The van der Waals surface area contributed by atoms with Gasteiger partial charge in [-0.2, -0.15) is 0 Å². The number of benzene rings is 3. The first kappa shape index (κ1) is 72.1. The quantitative estimate of drug-likeness (QED) is 0.0302. The molecule has 0 aliphatic rings. The van der Waals surface area contributed by atoms with Gasteiger partial charge < -0.3 is 13.7 Å². The number of hydrogen-bond acceptors (Lipinski definition) is 10. The first-order valence-electron chi connectivity index (χ1n) is 28.7. The Bertz CT molecular complexity index is 1800. The molecule has 0 fully saturated rings. The molecule has 0 saturated heterocycles. The Hall–Kier alpha value is -1.94. The Morgan fingerprint density at radius 2 is 0.500 bits per heavy atom. The molecule has 0 amide bonds. The summed E-state index contributed by atoms with van der Waals surface area (Å²) in [4.78, 5) is 0.